The van der Waals surface area contributed by atoms with Crippen molar-refractivity contribution < 1.29 is 14.3 Å². The fraction of sp³-hybridized carbons (Fsp3) is 0.300. The Morgan fingerprint density at radius 3 is 2.50 bits per heavy atom. The number of rotatable bonds is 8. The normalized spacial score (nSPS) is 10.5. The number of hydrogen-bond donors (Lipinski definition) is 2. The summed E-state index contributed by atoms with van der Waals surface area (Å²) in [6.45, 7) is 6.25. The van der Waals surface area contributed by atoms with Crippen molar-refractivity contribution in [1.82, 2.24) is 5.32 Å². The molecule has 0 atom stereocenters. The fourth-order valence-corrected chi connectivity index (χ4v) is 3.19. The Hall–Kier alpha value is -2.47. The monoisotopic (exact) mass is 372 g/mol. The minimum Gasteiger partial charge on any atom is -0.492 e. The molecule has 6 heteroatoms. The van der Waals surface area contributed by atoms with Crippen molar-refractivity contribution in [2.45, 2.75) is 31.7 Å². The number of thioether (sulfide) groups is 1. The SMILES string of the molecule is CCOc1ccccc1NC(=O)c1ccccc1SCC(=O)NC(C)C. The fourth-order valence-electron chi connectivity index (χ4n) is 2.33. The van der Waals surface area contributed by atoms with E-state index in [0.29, 0.717) is 23.6 Å². The van der Waals surface area contributed by atoms with Gasteiger partial charge >= 0.3 is 0 Å². The van der Waals surface area contributed by atoms with Crippen LogP contribution in [0, 0.1) is 0 Å². The molecule has 0 radical (unpaired) electrons. The molecular formula is C20H24N2O3S. The molecule has 0 unspecified atom stereocenters. The van der Waals surface area contributed by atoms with E-state index in [1.165, 1.54) is 11.8 Å². The molecule has 26 heavy (non-hydrogen) atoms. The third-order valence-corrected chi connectivity index (χ3v) is 4.45. The lowest BCUT2D eigenvalue weighted by atomic mass is 10.2. The van der Waals surface area contributed by atoms with Crippen LogP contribution in [0.5, 0.6) is 5.75 Å². The first kappa shape index (κ1) is 19.8. The lowest BCUT2D eigenvalue weighted by molar-refractivity contribution is -0.119. The number of ether oxygens (including phenoxy) is 1. The first-order valence-electron chi connectivity index (χ1n) is 8.55. The number of para-hydroxylation sites is 2. The minimum atomic E-state index is -0.232. The van der Waals surface area contributed by atoms with Crippen molar-refractivity contribution in [3.05, 3.63) is 54.1 Å². The van der Waals surface area contributed by atoms with E-state index in [1.54, 1.807) is 12.1 Å². The number of benzene rings is 2. The van der Waals surface area contributed by atoms with Crippen LogP contribution in [-0.2, 0) is 4.79 Å². The highest BCUT2D eigenvalue weighted by atomic mass is 32.2. The van der Waals surface area contributed by atoms with E-state index in [2.05, 4.69) is 10.6 Å². The van der Waals surface area contributed by atoms with Gasteiger partial charge in [0.1, 0.15) is 5.75 Å². The molecule has 0 aromatic heterocycles. The second kappa shape index (κ2) is 9.87. The van der Waals surface area contributed by atoms with E-state index in [0.717, 1.165) is 4.90 Å². The average Bonchev–Trinajstić information content (AvgIpc) is 2.61. The molecule has 2 rings (SSSR count). The van der Waals surface area contributed by atoms with Gasteiger partial charge in [-0.2, -0.15) is 0 Å². The maximum atomic E-state index is 12.7. The van der Waals surface area contributed by atoms with Crippen molar-refractivity contribution in [3.8, 4) is 5.75 Å². The third kappa shape index (κ3) is 5.81. The zero-order valence-electron chi connectivity index (χ0n) is 15.2. The summed E-state index contributed by atoms with van der Waals surface area (Å²) >= 11 is 1.35. The van der Waals surface area contributed by atoms with Gasteiger partial charge in [0.15, 0.2) is 0 Å². The standard InChI is InChI=1S/C20H24N2O3S/c1-4-25-17-11-7-6-10-16(17)22-20(24)15-9-5-8-12-18(15)26-13-19(23)21-14(2)3/h5-12,14H,4,13H2,1-3H3,(H,21,23)(H,22,24). The Balaban J connectivity index is 2.11. The van der Waals surface area contributed by atoms with Crippen LogP contribution < -0.4 is 15.4 Å². The Labute approximate surface area is 158 Å². The predicted molar refractivity (Wildman–Crippen MR) is 106 cm³/mol. The summed E-state index contributed by atoms with van der Waals surface area (Å²) < 4.78 is 5.55. The first-order valence-corrected chi connectivity index (χ1v) is 9.54. The summed E-state index contributed by atoms with van der Waals surface area (Å²) in [4.78, 5) is 25.4. The molecule has 138 valence electrons. The molecular weight excluding hydrogens is 348 g/mol. The zero-order valence-corrected chi connectivity index (χ0v) is 16.1. The number of carbonyl (C=O) groups is 2. The molecule has 2 N–H and O–H groups in total. The number of anilines is 1. The third-order valence-electron chi connectivity index (χ3n) is 3.38. The highest BCUT2D eigenvalue weighted by Crippen LogP contribution is 2.27. The van der Waals surface area contributed by atoms with Gasteiger partial charge in [-0.3, -0.25) is 9.59 Å². The maximum Gasteiger partial charge on any atom is 0.256 e. The molecule has 0 fully saturated rings. The van der Waals surface area contributed by atoms with Crippen LogP contribution in [0.2, 0.25) is 0 Å². The van der Waals surface area contributed by atoms with Gasteiger partial charge in [-0.1, -0.05) is 24.3 Å². The molecule has 0 aliphatic carbocycles. The zero-order chi connectivity index (χ0) is 18.9. The molecule has 2 aromatic rings. The van der Waals surface area contributed by atoms with Gasteiger partial charge in [0.25, 0.3) is 5.91 Å². The quantitative estimate of drug-likeness (QED) is 0.689. The molecule has 0 spiro atoms. The van der Waals surface area contributed by atoms with Gasteiger partial charge < -0.3 is 15.4 Å². The number of hydrogen-bond acceptors (Lipinski definition) is 4. The van der Waals surface area contributed by atoms with E-state index >= 15 is 0 Å². The van der Waals surface area contributed by atoms with Gasteiger partial charge in [0.2, 0.25) is 5.91 Å². The summed E-state index contributed by atoms with van der Waals surface area (Å²) in [6, 6.07) is 14.7. The molecule has 2 amide bonds. The van der Waals surface area contributed by atoms with Crippen LogP contribution in [0.15, 0.2) is 53.4 Å². The summed E-state index contributed by atoms with van der Waals surface area (Å²) in [5.74, 6) is 0.606. The minimum absolute atomic E-state index is 0.0538. The van der Waals surface area contributed by atoms with E-state index in [1.807, 2.05) is 57.2 Å². The van der Waals surface area contributed by atoms with E-state index in [9.17, 15) is 9.59 Å². The summed E-state index contributed by atoms with van der Waals surface area (Å²) in [6.07, 6.45) is 0. The molecule has 0 saturated heterocycles. The lowest BCUT2D eigenvalue weighted by Gasteiger charge is -2.13. The number of nitrogens with one attached hydrogen (secondary N) is 2. The Morgan fingerprint density at radius 1 is 1.08 bits per heavy atom. The largest absolute Gasteiger partial charge is 0.492 e. The maximum absolute atomic E-state index is 12.7. The molecule has 2 aromatic carbocycles. The van der Waals surface area contributed by atoms with Crippen molar-refractivity contribution in [1.29, 1.82) is 0 Å². The summed E-state index contributed by atoms with van der Waals surface area (Å²) in [5, 5.41) is 5.74. The molecule has 0 bridgehead atoms. The van der Waals surface area contributed by atoms with Crippen molar-refractivity contribution in [2.24, 2.45) is 0 Å². The predicted octanol–water partition coefficient (Wildman–Crippen LogP) is 3.95. The number of amides is 2. The van der Waals surface area contributed by atoms with Crippen LogP contribution in [0.3, 0.4) is 0 Å². The summed E-state index contributed by atoms with van der Waals surface area (Å²) in [5.41, 5.74) is 1.15. The molecule has 0 saturated carbocycles. The van der Waals surface area contributed by atoms with Gasteiger partial charge in [0, 0.05) is 10.9 Å². The van der Waals surface area contributed by atoms with Gasteiger partial charge in [-0.15, -0.1) is 11.8 Å². The van der Waals surface area contributed by atoms with Crippen LogP contribution in [0.1, 0.15) is 31.1 Å². The average molecular weight is 372 g/mol. The van der Waals surface area contributed by atoms with Crippen molar-refractivity contribution >= 4 is 29.3 Å². The van der Waals surface area contributed by atoms with Crippen molar-refractivity contribution in [2.75, 3.05) is 17.7 Å². The molecule has 0 aliphatic rings. The molecule has 5 nitrogen and oxygen atoms in total. The smallest absolute Gasteiger partial charge is 0.256 e. The lowest BCUT2D eigenvalue weighted by Crippen LogP contribution is -2.31. The van der Waals surface area contributed by atoms with E-state index in [-0.39, 0.29) is 23.6 Å². The Kier molecular flexibility index (Phi) is 7.53. The second-order valence-corrected chi connectivity index (χ2v) is 6.91. The van der Waals surface area contributed by atoms with Gasteiger partial charge in [-0.25, -0.2) is 0 Å². The topological polar surface area (TPSA) is 67.4 Å². The van der Waals surface area contributed by atoms with Crippen LogP contribution in [0.4, 0.5) is 5.69 Å². The van der Waals surface area contributed by atoms with Crippen LogP contribution in [-0.4, -0.2) is 30.2 Å². The van der Waals surface area contributed by atoms with Crippen LogP contribution >= 0.6 is 11.8 Å². The Bertz CT molecular complexity index is 762. The van der Waals surface area contributed by atoms with Crippen LogP contribution in [0.25, 0.3) is 0 Å². The number of carbonyl (C=O) groups excluding carboxylic acids is 2. The van der Waals surface area contributed by atoms with Gasteiger partial charge in [0.05, 0.1) is 23.6 Å². The highest BCUT2D eigenvalue weighted by molar-refractivity contribution is 8.00. The van der Waals surface area contributed by atoms with E-state index < -0.39 is 0 Å². The van der Waals surface area contributed by atoms with E-state index in [4.69, 9.17) is 4.74 Å². The summed E-state index contributed by atoms with van der Waals surface area (Å²) in [7, 11) is 0. The van der Waals surface area contributed by atoms with Gasteiger partial charge in [-0.05, 0) is 45.0 Å². The second-order valence-electron chi connectivity index (χ2n) is 5.89. The molecule has 0 aliphatic heterocycles. The first-order chi connectivity index (χ1) is 12.5. The molecule has 0 heterocycles. The Morgan fingerprint density at radius 2 is 1.77 bits per heavy atom. The van der Waals surface area contributed by atoms with Crippen molar-refractivity contribution in [3.63, 3.8) is 0 Å². The highest BCUT2D eigenvalue weighted by Gasteiger charge is 2.15.